The van der Waals surface area contributed by atoms with Crippen LogP contribution in [0.25, 0.3) is 11.0 Å². The van der Waals surface area contributed by atoms with Crippen LogP contribution in [0.1, 0.15) is 56.0 Å². The number of aromatic nitrogens is 4. The highest BCUT2D eigenvalue weighted by Gasteiger charge is 2.26. The van der Waals surface area contributed by atoms with Crippen LogP contribution in [0.2, 0.25) is 0 Å². The number of hydrogen-bond acceptors (Lipinski definition) is 5. The van der Waals surface area contributed by atoms with E-state index in [2.05, 4.69) is 34.4 Å². The lowest BCUT2D eigenvalue weighted by atomic mass is 10.1. The van der Waals surface area contributed by atoms with Gasteiger partial charge in [-0.1, -0.05) is 31.1 Å². The lowest BCUT2D eigenvalue weighted by Crippen LogP contribution is -2.34. The molecule has 1 aliphatic rings. The topological polar surface area (TPSA) is 85.8 Å². The number of benzene rings is 1. The van der Waals surface area contributed by atoms with Crippen molar-refractivity contribution in [2.75, 3.05) is 0 Å². The molecule has 0 saturated carbocycles. The Morgan fingerprint density at radius 2 is 2.24 bits per heavy atom. The van der Waals surface area contributed by atoms with Crippen LogP contribution >= 0.6 is 0 Å². The number of aryl methyl sites for hydroxylation is 1. The first-order chi connectivity index (χ1) is 12.1. The highest BCUT2D eigenvalue weighted by molar-refractivity contribution is 5.86. The average Bonchev–Trinajstić information content (AvgIpc) is 3.20. The van der Waals surface area contributed by atoms with Gasteiger partial charge in [0, 0.05) is 17.8 Å². The van der Waals surface area contributed by atoms with Gasteiger partial charge in [0.1, 0.15) is 11.5 Å². The zero-order valence-electron chi connectivity index (χ0n) is 14.4. The molecule has 0 radical (unpaired) electrons. The van der Waals surface area contributed by atoms with E-state index in [1.165, 1.54) is 0 Å². The minimum absolute atomic E-state index is 0.0772. The number of para-hydroxylation sites is 1. The summed E-state index contributed by atoms with van der Waals surface area (Å²) >= 11 is 0. The summed E-state index contributed by atoms with van der Waals surface area (Å²) < 4.78 is 7.20. The smallest absolute Gasteiger partial charge is 0.226 e. The predicted octanol–water partition coefficient (Wildman–Crippen LogP) is 2.74. The van der Waals surface area contributed by atoms with Gasteiger partial charge in [-0.25, -0.2) is 9.67 Å². The maximum Gasteiger partial charge on any atom is 0.226 e. The first-order valence-electron chi connectivity index (χ1n) is 8.69. The molecular weight excluding hydrogens is 318 g/mol. The van der Waals surface area contributed by atoms with Crippen LogP contribution in [0.3, 0.4) is 0 Å². The Balaban J connectivity index is 1.50. The minimum Gasteiger partial charge on any atom is -0.356 e. The van der Waals surface area contributed by atoms with Gasteiger partial charge in [-0.3, -0.25) is 4.79 Å². The summed E-state index contributed by atoms with van der Waals surface area (Å²) in [5.41, 5.74) is 1.36. The molecule has 25 heavy (non-hydrogen) atoms. The van der Waals surface area contributed by atoms with Gasteiger partial charge >= 0.3 is 0 Å². The third-order valence-electron chi connectivity index (χ3n) is 4.52. The number of fused-ring (bicyclic) bond motifs is 2. The number of nitrogens with one attached hydrogen (secondary N) is 1. The molecule has 130 valence electrons. The second-order valence-electron chi connectivity index (χ2n) is 6.77. The van der Waals surface area contributed by atoms with Gasteiger partial charge in [-0.05, 0) is 25.0 Å². The molecule has 1 aromatic carbocycles. The van der Waals surface area contributed by atoms with E-state index in [0.29, 0.717) is 11.3 Å². The molecule has 7 heteroatoms. The normalized spacial score (nSPS) is 17.0. The van der Waals surface area contributed by atoms with Crippen molar-refractivity contribution in [1.82, 2.24) is 25.2 Å². The molecule has 0 fully saturated rings. The summed E-state index contributed by atoms with van der Waals surface area (Å²) in [5, 5.41) is 12.5. The Morgan fingerprint density at radius 1 is 1.40 bits per heavy atom. The fourth-order valence-electron chi connectivity index (χ4n) is 3.21. The quantitative estimate of drug-likeness (QED) is 0.790. The number of carbonyl (C=O) groups is 1. The van der Waals surface area contributed by atoms with Gasteiger partial charge < -0.3 is 9.84 Å². The molecule has 2 aromatic heterocycles. The molecule has 7 nitrogen and oxygen atoms in total. The molecule has 0 bridgehead atoms. The Kier molecular flexibility index (Phi) is 3.99. The van der Waals surface area contributed by atoms with Crippen LogP contribution < -0.4 is 5.32 Å². The van der Waals surface area contributed by atoms with Gasteiger partial charge in [0.15, 0.2) is 11.4 Å². The number of nitrogens with zero attached hydrogens (tertiary/aromatic N) is 4. The number of hydrogen-bond donors (Lipinski definition) is 1. The van der Waals surface area contributed by atoms with Crippen molar-refractivity contribution in [3.8, 4) is 0 Å². The second-order valence-corrected chi connectivity index (χ2v) is 6.77. The Bertz CT molecular complexity index is 911. The molecule has 0 saturated heterocycles. The van der Waals surface area contributed by atoms with E-state index in [0.717, 1.165) is 36.4 Å². The van der Waals surface area contributed by atoms with Gasteiger partial charge in [-0.2, -0.15) is 5.10 Å². The molecule has 1 unspecified atom stereocenters. The molecule has 3 heterocycles. The van der Waals surface area contributed by atoms with E-state index in [9.17, 15) is 4.79 Å². The van der Waals surface area contributed by atoms with Crippen LogP contribution in [-0.2, 0) is 17.8 Å². The van der Waals surface area contributed by atoms with Gasteiger partial charge in [-0.15, -0.1) is 0 Å². The van der Waals surface area contributed by atoms with E-state index in [4.69, 9.17) is 4.52 Å². The Morgan fingerprint density at radius 3 is 3.08 bits per heavy atom. The fraction of sp³-hybridized carbons (Fsp3) is 0.444. The largest absolute Gasteiger partial charge is 0.356 e. The van der Waals surface area contributed by atoms with Crippen LogP contribution in [0, 0.1) is 0 Å². The maximum absolute atomic E-state index is 12.5. The third-order valence-corrected chi connectivity index (χ3v) is 4.52. The van der Waals surface area contributed by atoms with Gasteiger partial charge in [0.25, 0.3) is 0 Å². The van der Waals surface area contributed by atoms with Crippen LogP contribution in [0.5, 0.6) is 0 Å². The number of rotatable bonds is 4. The molecule has 1 N–H and O–H groups in total. The van der Waals surface area contributed by atoms with E-state index in [1.807, 2.05) is 28.9 Å². The maximum atomic E-state index is 12.5. The van der Waals surface area contributed by atoms with Crippen molar-refractivity contribution >= 4 is 16.9 Å². The Hall–Kier alpha value is -2.70. The first kappa shape index (κ1) is 15.8. The molecule has 1 aliphatic heterocycles. The summed E-state index contributed by atoms with van der Waals surface area (Å²) in [6, 6.07) is 7.47. The highest BCUT2D eigenvalue weighted by Crippen LogP contribution is 2.25. The van der Waals surface area contributed by atoms with Crippen molar-refractivity contribution in [2.45, 2.75) is 51.6 Å². The lowest BCUT2D eigenvalue weighted by molar-refractivity contribution is -0.121. The van der Waals surface area contributed by atoms with Crippen LogP contribution in [0.15, 0.2) is 28.8 Å². The molecule has 3 aromatic rings. The SMILES string of the molecule is CC(C)c1nc2n(n1)CCCC2NC(=O)Cc1noc2ccccc12. The molecule has 1 atom stereocenters. The molecule has 0 spiro atoms. The van der Waals surface area contributed by atoms with E-state index < -0.39 is 0 Å². The van der Waals surface area contributed by atoms with E-state index >= 15 is 0 Å². The lowest BCUT2D eigenvalue weighted by Gasteiger charge is -2.22. The zero-order valence-corrected chi connectivity index (χ0v) is 14.4. The first-order valence-corrected chi connectivity index (χ1v) is 8.69. The molecular formula is C18H21N5O2. The van der Waals surface area contributed by atoms with Crippen LogP contribution in [-0.4, -0.2) is 25.8 Å². The van der Waals surface area contributed by atoms with Crippen molar-refractivity contribution < 1.29 is 9.32 Å². The molecule has 0 aliphatic carbocycles. The highest BCUT2D eigenvalue weighted by atomic mass is 16.5. The van der Waals surface area contributed by atoms with Gasteiger partial charge in [0.2, 0.25) is 5.91 Å². The van der Waals surface area contributed by atoms with Crippen LogP contribution in [0.4, 0.5) is 0 Å². The van der Waals surface area contributed by atoms with E-state index in [-0.39, 0.29) is 24.3 Å². The summed E-state index contributed by atoms with van der Waals surface area (Å²) in [6.45, 7) is 5.00. The third kappa shape index (κ3) is 3.01. The average molecular weight is 339 g/mol. The van der Waals surface area contributed by atoms with Crippen molar-refractivity contribution in [3.63, 3.8) is 0 Å². The minimum atomic E-state index is -0.0978. The summed E-state index contributed by atoms with van der Waals surface area (Å²) in [5.74, 6) is 1.88. The predicted molar refractivity (Wildman–Crippen MR) is 91.9 cm³/mol. The standard InChI is InChI=1S/C18H21N5O2/c1-11(2)17-20-18-13(7-5-9-23(18)21-17)19-16(24)10-14-12-6-3-4-8-15(12)25-22-14/h3-4,6,8,11,13H,5,7,9-10H2,1-2H3,(H,19,24). The van der Waals surface area contributed by atoms with Crippen molar-refractivity contribution in [2.24, 2.45) is 0 Å². The fourth-order valence-corrected chi connectivity index (χ4v) is 3.21. The van der Waals surface area contributed by atoms with Crippen molar-refractivity contribution in [1.29, 1.82) is 0 Å². The number of amides is 1. The van der Waals surface area contributed by atoms with E-state index in [1.54, 1.807) is 0 Å². The van der Waals surface area contributed by atoms with Gasteiger partial charge in [0.05, 0.1) is 12.5 Å². The summed E-state index contributed by atoms with van der Waals surface area (Å²) in [7, 11) is 0. The summed E-state index contributed by atoms with van der Waals surface area (Å²) in [4.78, 5) is 17.2. The summed E-state index contributed by atoms with van der Waals surface area (Å²) in [6.07, 6.45) is 2.05. The monoisotopic (exact) mass is 339 g/mol. The molecule has 1 amide bonds. The zero-order chi connectivity index (χ0) is 17.4. The Labute approximate surface area is 145 Å². The second kappa shape index (κ2) is 6.31. The molecule has 4 rings (SSSR count). The number of carbonyl (C=O) groups excluding carboxylic acids is 1. The van der Waals surface area contributed by atoms with Crippen molar-refractivity contribution in [3.05, 3.63) is 41.6 Å².